The number of halogens is 1. The van der Waals surface area contributed by atoms with Crippen LogP contribution >= 0.6 is 11.6 Å². The fraction of sp³-hybridized carbons (Fsp3) is 0.333. The molecule has 0 saturated carbocycles. The first-order valence-electron chi connectivity index (χ1n) is 9.16. The molecular weight excluding hydrogens is 362 g/mol. The van der Waals surface area contributed by atoms with Crippen molar-refractivity contribution in [3.63, 3.8) is 0 Å². The molecule has 1 aromatic carbocycles. The minimum atomic E-state index is -0.198. The second-order valence-corrected chi connectivity index (χ2v) is 6.90. The van der Waals surface area contributed by atoms with Crippen molar-refractivity contribution in [3.05, 3.63) is 65.1 Å². The lowest BCUT2D eigenvalue weighted by Crippen LogP contribution is -2.26. The second kappa shape index (κ2) is 8.91. The largest absolute Gasteiger partial charge is 0.496 e. The summed E-state index contributed by atoms with van der Waals surface area (Å²) in [5.41, 5.74) is 2.65. The first kappa shape index (κ1) is 19.2. The number of ether oxygens (including phenoxy) is 1. The van der Waals surface area contributed by atoms with E-state index in [0.29, 0.717) is 18.0 Å². The molecule has 2 heterocycles. The molecule has 6 heteroatoms. The molecule has 0 aliphatic rings. The summed E-state index contributed by atoms with van der Waals surface area (Å²) >= 11 is 6.19. The van der Waals surface area contributed by atoms with E-state index in [1.165, 1.54) is 0 Å². The van der Waals surface area contributed by atoms with Gasteiger partial charge in [-0.1, -0.05) is 43.1 Å². The van der Waals surface area contributed by atoms with Gasteiger partial charge >= 0.3 is 0 Å². The highest BCUT2D eigenvalue weighted by molar-refractivity contribution is 6.30. The number of amides is 1. The van der Waals surface area contributed by atoms with Crippen LogP contribution in [-0.2, 0) is 4.79 Å². The van der Waals surface area contributed by atoms with E-state index in [1.54, 1.807) is 7.11 Å². The summed E-state index contributed by atoms with van der Waals surface area (Å²) in [4.78, 5) is 17.1. The standard InChI is InChI=1S/C21H24ClN3O2/c1-3-4-11-23-21(26)12-17(16-7-5-6-8-19(16)27-2)18-13-24-20-10-9-15(22)14-25(18)20/h5-10,13-14,17H,3-4,11-12H2,1-2H3,(H,23,26). The van der Waals surface area contributed by atoms with Crippen LogP contribution in [0.3, 0.4) is 0 Å². The topological polar surface area (TPSA) is 55.6 Å². The molecule has 0 aliphatic carbocycles. The maximum absolute atomic E-state index is 12.6. The lowest BCUT2D eigenvalue weighted by molar-refractivity contribution is -0.121. The van der Waals surface area contributed by atoms with Gasteiger partial charge in [0.05, 0.1) is 17.8 Å². The van der Waals surface area contributed by atoms with Crippen LogP contribution < -0.4 is 10.1 Å². The van der Waals surface area contributed by atoms with E-state index >= 15 is 0 Å². The average molecular weight is 386 g/mol. The molecule has 0 spiro atoms. The van der Waals surface area contributed by atoms with Gasteiger partial charge in [0.1, 0.15) is 11.4 Å². The smallest absolute Gasteiger partial charge is 0.221 e. The van der Waals surface area contributed by atoms with Gasteiger partial charge in [0.25, 0.3) is 0 Å². The minimum absolute atomic E-state index is 0.0105. The Hall–Kier alpha value is -2.53. The fourth-order valence-corrected chi connectivity index (χ4v) is 3.38. The number of carbonyl (C=O) groups excluding carboxylic acids is 1. The number of carbonyl (C=O) groups is 1. The third-order valence-electron chi connectivity index (χ3n) is 4.61. The molecule has 3 aromatic rings. The van der Waals surface area contributed by atoms with Crippen molar-refractivity contribution in [2.45, 2.75) is 32.1 Å². The van der Waals surface area contributed by atoms with Crippen LogP contribution in [0.25, 0.3) is 5.65 Å². The molecule has 3 rings (SSSR count). The Morgan fingerprint density at radius 3 is 2.89 bits per heavy atom. The van der Waals surface area contributed by atoms with Crippen molar-refractivity contribution in [1.29, 1.82) is 0 Å². The number of para-hydroxylation sites is 1. The van der Waals surface area contributed by atoms with E-state index in [0.717, 1.165) is 35.5 Å². The van der Waals surface area contributed by atoms with Gasteiger partial charge < -0.3 is 14.5 Å². The number of fused-ring (bicyclic) bond motifs is 1. The van der Waals surface area contributed by atoms with E-state index in [2.05, 4.69) is 17.2 Å². The van der Waals surface area contributed by atoms with Gasteiger partial charge in [-0.3, -0.25) is 4.79 Å². The summed E-state index contributed by atoms with van der Waals surface area (Å²) in [6, 6.07) is 11.5. The highest BCUT2D eigenvalue weighted by atomic mass is 35.5. The lowest BCUT2D eigenvalue weighted by atomic mass is 9.91. The Balaban J connectivity index is 2.01. The molecule has 1 atom stereocenters. The van der Waals surface area contributed by atoms with E-state index < -0.39 is 0 Å². The van der Waals surface area contributed by atoms with Crippen molar-refractivity contribution >= 4 is 23.2 Å². The lowest BCUT2D eigenvalue weighted by Gasteiger charge is -2.20. The van der Waals surface area contributed by atoms with Gasteiger partial charge in [-0.15, -0.1) is 0 Å². The molecule has 0 radical (unpaired) electrons. The summed E-state index contributed by atoms with van der Waals surface area (Å²) in [5.74, 6) is 0.563. The minimum Gasteiger partial charge on any atom is -0.496 e. The van der Waals surface area contributed by atoms with Crippen molar-refractivity contribution in [1.82, 2.24) is 14.7 Å². The molecule has 1 amide bonds. The van der Waals surface area contributed by atoms with Gasteiger partial charge in [-0.05, 0) is 24.6 Å². The van der Waals surface area contributed by atoms with Gasteiger partial charge in [0.2, 0.25) is 5.91 Å². The number of unbranched alkanes of at least 4 members (excludes halogenated alkanes) is 1. The normalized spacial score (nSPS) is 12.1. The van der Waals surface area contributed by atoms with Crippen LogP contribution in [0, 0.1) is 0 Å². The number of imidazole rings is 1. The Morgan fingerprint density at radius 1 is 1.30 bits per heavy atom. The zero-order valence-electron chi connectivity index (χ0n) is 15.6. The highest BCUT2D eigenvalue weighted by Crippen LogP contribution is 2.35. The van der Waals surface area contributed by atoms with Crippen molar-refractivity contribution < 1.29 is 9.53 Å². The average Bonchev–Trinajstić information content (AvgIpc) is 3.09. The zero-order valence-corrected chi connectivity index (χ0v) is 16.4. The van der Waals surface area contributed by atoms with Crippen LogP contribution in [0.15, 0.2) is 48.8 Å². The number of pyridine rings is 1. The Kier molecular flexibility index (Phi) is 6.35. The molecule has 5 nitrogen and oxygen atoms in total. The highest BCUT2D eigenvalue weighted by Gasteiger charge is 2.24. The molecule has 27 heavy (non-hydrogen) atoms. The first-order chi connectivity index (χ1) is 13.1. The fourth-order valence-electron chi connectivity index (χ4n) is 3.22. The number of methoxy groups -OCH3 is 1. The van der Waals surface area contributed by atoms with Crippen LogP contribution in [0.4, 0.5) is 0 Å². The van der Waals surface area contributed by atoms with Crippen molar-refractivity contribution in [2.75, 3.05) is 13.7 Å². The second-order valence-electron chi connectivity index (χ2n) is 6.46. The first-order valence-corrected chi connectivity index (χ1v) is 9.54. The Labute approximate surface area is 164 Å². The molecule has 142 valence electrons. The SMILES string of the molecule is CCCCNC(=O)CC(c1ccccc1OC)c1cnc2ccc(Cl)cn12. The van der Waals surface area contributed by atoms with Crippen LogP contribution in [-0.4, -0.2) is 28.9 Å². The number of nitrogens with one attached hydrogen (secondary N) is 1. The number of rotatable bonds is 8. The zero-order chi connectivity index (χ0) is 19.2. The predicted molar refractivity (Wildman–Crippen MR) is 108 cm³/mol. The van der Waals surface area contributed by atoms with Gasteiger partial charge in [-0.2, -0.15) is 0 Å². The number of nitrogens with zero attached hydrogens (tertiary/aromatic N) is 2. The molecule has 1 unspecified atom stereocenters. The van der Waals surface area contributed by atoms with Crippen LogP contribution in [0.5, 0.6) is 5.75 Å². The maximum atomic E-state index is 12.6. The number of benzene rings is 1. The van der Waals surface area contributed by atoms with Crippen molar-refractivity contribution in [3.8, 4) is 5.75 Å². The Bertz CT molecular complexity index is 923. The molecule has 0 saturated heterocycles. The summed E-state index contributed by atoms with van der Waals surface area (Å²) in [6.07, 6.45) is 5.96. The predicted octanol–water partition coefficient (Wildman–Crippen LogP) is 4.43. The quantitative estimate of drug-likeness (QED) is 0.583. The third-order valence-corrected chi connectivity index (χ3v) is 4.84. The molecule has 0 aliphatic heterocycles. The summed E-state index contributed by atoms with van der Waals surface area (Å²) in [5, 5.41) is 3.63. The summed E-state index contributed by atoms with van der Waals surface area (Å²) < 4.78 is 7.50. The van der Waals surface area contributed by atoms with Crippen LogP contribution in [0.1, 0.15) is 43.4 Å². The van der Waals surface area contributed by atoms with Crippen molar-refractivity contribution in [2.24, 2.45) is 0 Å². The Morgan fingerprint density at radius 2 is 2.11 bits per heavy atom. The van der Waals surface area contributed by atoms with Gasteiger partial charge in [0, 0.05) is 36.8 Å². The van der Waals surface area contributed by atoms with E-state index in [-0.39, 0.29) is 11.8 Å². The number of aromatic nitrogens is 2. The van der Waals surface area contributed by atoms with Gasteiger partial charge in [0.15, 0.2) is 0 Å². The van der Waals surface area contributed by atoms with E-state index in [4.69, 9.17) is 16.3 Å². The summed E-state index contributed by atoms with van der Waals surface area (Å²) in [6.45, 7) is 2.79. The van der Waals surface area contributed by atoms with E-state index in [1.807, 2.05) is 53.2 Å². The molecule has 0 bridgehead atoms. The molecule has 1 N–H and O–H groups in total. The maximum Gasteiger partial charge on any atom is 0.221 e. The molecular formula is C21H24ClN3O2. The monoisotopic (exact) mass is 385 g/mol. The van der Waals surface area contributed by atoms with Gasteiger partial charge in [-0.25, -0.2) is 4.98 Å². The molecule has 0 fully saturated rings. The van der Waals surface area contributed by atoms with Crippen LogP contribution in [0.2, 0.25) is 5.02 Å². The summed E-state index contributed by atoms with van der Waals surface area (Å²) in [7, 11) is 1.64. The number of hydrogen-bond donors (Lipinski definition) is 1. The third kappa shape index (κ3) is 4.42. The molecule has 2 aromatic heterocycles. The van der Waals surface area contributed by atoms with E-state index in [9.17, 15) is 4.79 Å². The number of hydrogen-bond acceptors (Lipinski definition) is 3.